The molecule has 116 valence electrons. The summed E-state index contributed by atoms with van der Waals surface area (Å²) in [6.07, 6.45) is 3.65. The van der Waals surface area contributed by atoms with Crippen LogP contribution in [0.3, 0.4) is 0 Å². The van der Waals surface area contributed by atoms with Gasteiger partial charge in [-0.15, -0.1) is 0 Å². The lowest BCUT2D eigenvalue weighted by molar-refractivity contribution is 0.599. The third-order valence-electron chi connectivity index (χ3n) is 3.68. The fraction of sp³-hybridized carbons (Fsp3) is 0.263. The molecular weight excluding hydrogens is 292 g/mol. The van der Waals surface area contributed by atoms with Crippen molar-refractivity contribution in [2.24, 2.45) is 0 Å². The summed E-state index contributed by atoms with van der Waals surface area (Å²) >= 11 is 0. The molecule has 0 saturated heterocycles. The number of aryl methyl sites for hydroxylation is 2. The zero-order valence-corrected chi connectivity index (χ0v) is 13.9. The molecule has 0 radical (unpaired) electrons. The van der Waals surface area contributed by atoms with Gasteiger partial charge in [-0.05, 0) is 44.4 Å². The number of rotatable bonds is 6. The zero-order valence-electron chi connectivity index (χ0n) is 13.1. The van der Waals surface area contributed by atoms with Gasteiger partial charge < -0.3 is 0 Å². The molecule has 0 aliphatic carbocycles. The Morgan fingerprint density at radius 1 is 1.00 bits per heavy atom. The van der Waals surface area contributed by atoms with E-state index >= 15 is 0 Å². The Hall–Kier alpha value is -1.87. The largest absolute Gasteiger partial charge is 0.223 e. The standard InChI is InChI=1S/C19H22O2S/c1-16-9-12-19(13-10-16)22(20,21)15-14-17(2)8-11-18-6-4-3-5-7-18/h3-7,9-10,12-14H,8,11,15H2,1-2H3/b17-14-. The van der Waals surface area contributed by atoms with Gasteiger partial charge in [0.05, 0.1) is 10.6 Å². The van der Waals surface area contributed by atoms with E-state index in [-0.39, 0.29) is 5.75 Å². The van der Waals surface area contributed by atoms with Gasteiger partial charge in [0.1, 0.15) is 0 Å². The highest BCUT2D eigenvalue weighted by atomic mass is 32.2. The van der Waals surface area contributed by atoms with Crippen LogP contribution in [0.2, 0.25) is 0 Å². The maximum absolute atomic E-state index is 12.3. The van der Waals surface area contributed by atoms with Gasteiger partial charge in [-0.2, -0.15) is 0 Å². The van der Waals surface area contributed by atoms with Crippen LogP contribution >= 0.6 is 0 Å². The molecule has 0 heterocycles. The van der Waals surface area contributed by atoms with Crippen LogP contribution in [0.5, 0.6) is 0 Å². The second-order valence-electron chi connectivity index (χ2n) is 5.63. The van der Waals surface area contributed by atoms with Crippen molar-refractivity contribution in [3.8, 4) is 0 Å². The van der Waals surface area contributed by atoms with Gasteiger partial charge in [0.25, 0.3) is 0 Å². The Bertz CT molecular complexity index is 727. The quantitative estimate of drug-likeness (QED) is 0.743. The first kappa shape index (κ1) is 16.5. The van der Waals surface area contributed by atoms with E-state index in [2.05, 4.69) is 12.1 Å². The van der Waals surface area contributed by atoms with Crippen LogP contribution in [-0.2, 0) is 16.3 Å². The number of hydrogen-bond acceptors (Lipinski definition) is 2. The highest BCUT2D eigenvalue weighted by Crippen LogP contribution is 2.14. The Kier molecular flexibility index (Phi) is 5.56. The molecule has 0 amide bonds. The summed E-state index contributed by atoms with van der Waals surface area (Å²) in [4.78, 5) is 0.394. The van der Waals surface area contributed by atoms with Crippen molar-refractivity contribution in [2.45, 2.75) is 31.6 Å². The monoisotopic (exact) mass is 314 g/mol. The van der Waals surface area contributed by atoms with E-state index in [4.69, 9.17) is 0 Å². The van der Waals surface area contributed by atoms with Gasteiger partial charge in [-0.25, -0.2) is 8.42 Å². The highest BCUT2D eigenvalue weighted by Gasteiger charge is 2.12. The van der Waals surface area contributed by atoms with Crippen LogP contribution in [-0.4, -0.2) is 14.2 Å². The smallest absolute Gasteiger partial charge is 0.181 e. The van der Waals surface area contributed by atoms with Crippen molar-refractivity contribution < 1.29 is 8.42 Å². The summed E-state index contributed by atoms with van der Waals surface area (Å²) in [5.41, 5.74) is 3.45. The molecule has 22 heavy (non-hydrogen) atoms. The Balaban J connectivity index is 1.96. The molecule has 0 aliphatic heterocycles. The molecule has 2 nitrogen and oxygen atoms in total. The van der Waals surface area contributed by atoms with Crippen LogP contribution in [0, 0.1) is 6.92 Å². The number of sulfone groups is 1. The Labute approximate surface area is 133 Å². The Morgan fingerprint density at radius 3 is 2.27 bits per heavy atom. The predicted molar refractivity (Wildman–Crippen MR) is 91.8 cm³/mol. The third-order valence-corrected chi connectivity index (χ3v) is 5.28. The van der Waals surface area contributed by atoms with Crippen molar-refractivity contribution in [2.75, 3.05) is 5.75 Å². The lowest BCUT2D eigenvalue weighted by Gasteiger charge is -2.05. The number of hydrogen-bond donors (Lipinski definition) is 0. The lowest BCUT2D eigenvalue weighted by Crippen LogP contribution is -2.05. The summed E-state index contributed by atoms with van der Waals surface area (Å²) < 4.78 is 24.6. The average molecular weight is 314 g/mol. The van der Waals surface area contributed by atoms with Crippen LogP contribution in [0.1, 0.15) is 24.5 Å². The number of allylic oxidation sites excluding steroid dienone is 1. The molecule has 0 fully saturated rings. The molecular formula is C19H22O2S. The number of benzene rings is 2. The first-order valence-electron chi connectivity index (χ1n) is 7.46. The molecule has 2 rings (SSSR count). The molecule has 3 heteroatoms. The van der Waals surface area contributed by atoms with Crippen molar-refractivity contribution in [1.82, 2.24) is 0 Å². The predicted octanol–water partition coefficient (Wildman–Crippen LogP) is 4.35. The van der Waals surface area contributed by atoms with Crippen LogP contribution in [0.15, 0.2) is 71.1 Å². The van der Waals surface area contributed by atoms with Gasteiger partial charge in [0.2, 0.25) is 0 Å². The second-order valence-corrected chi connectivity index (χ2v) is 7.66. The van der Waals surface area contributed by atoms with Crippen LogP contribution in [0.4, 0.5) is 0 Å². The first-order valence-corrected chi connectivity index (χ1v) is 9.11. The van der Waals surface area contributed by atoms with Crippen LogP contribution < -0.4 is 0 Å². The van der Waals surface area contributed by atoms with Crippen molar-refractivity contribution in [3.63, 3.8) is 0 Å². The molecule has 0 unspecified atom stereocenters. The fourth-order valence-electron chi connectivity index (χ4n) is 2.18. The fourth-order valence-corrected chi connectivity index (χ4v) is 3.43. The summed E-state index contributed by atoms with van der Waals surface area (Å²) in [5, 5.41) is 0. The molecule has 0 aliphatic rings. The van der Waals surface area contributed by atoms with Crippen molar-refractivity contribution in [3.05, 3.63) is 77.4 Å². The maximum atomic E-state index is 12.3. The summed E-state index contributed by atoms with van der Waals surface area (Å²) in [6.45, 7) is 3.94. The molecule has 0 atom stereocenters. The van der Waals surface area contributed by atoms with E-state index in [9.17, 15) is 8.42 Å². The van der Waals surface area contributed by atoms with Gasteiger partial charge >= 0.3 is 0 Å². The summed E-state index contributed by atoms with van der Waals surface area (Å²) in [5.74, 6) is 0.0662. The van der Waals surface area contributed by atoms with Gasteiger partial charge in [-0.3, -0.25) is 0 Å². The molecule has 2 aromatic carbocycles. The second kappa shape index (κ2) is 7.41. The zero-order chi connectivity index (χ0) is 16.0. The first-order chi connectivity index (χ1) is 10.5. The van der Waals surface area contributed by atoms with E-state index in [1.807, 2.05) is 50.3 Å². The topological polar surface area (TPSA) is 34.1 Å². The van der Waals surface area contributed by atoms with E-state index in [1.54, 1.807) is 12.1 Å². The molecule has 0 N–H and O–H groups in total. The molecule has 0 spiro atoms. The third kappa shape index (κ3) is 4.85. The summed E-state index contributed by atoms with van der Waals surface area (Å²) in [7, 11) is -3.23. The van der Waals surface area contributed by atoms with Gasteiger partial charge in [-0.1, -0.05) is 59.7 Å². The minimum Gasteiger partial charge on any atom is -0.223 e. The normalized spacial score (nSPS) is 12.4. The van der Waals surface area contributed by atoms with Crippen molar-refractivity contribution >= 4 is 9.84 Å². The van der Waals surface area contributed by atoms with E-state index in [0.29, 0.717) is 4.90 Å². The highest BCUT2D eigenvalue weighted by molar-refractivity contribution is 7.91. The molecule has 2 aromatic rings. The average Bonchev–Trinajstić information content (AvgIpc) is 2.52. The minimum atomic E-state index is -3.23. The minimum absolute atomic E-state index is 0.0662. The maximum Gasteiger partial charge on any atom is 0.181 e. The lowest BCUT2D eigenvalue weighted by atomic mass is 10.1. The van der Waals surface area contributed by atoms with E-state index in [0.717, 1.165) is 24.0 Å². The Morgan fingerprint density at radius 2 is 1.64 bits per heavy atom. The molecule has 0 bridgehead atoms. The van der Waals surface area contributed by atoms with Gasteiger partial charge in [0, 0.05) is 0 Å². The van der Waals surface area contributed by atoms with Crippen molar-refractivity contribution in [1.29, 1.82) is 0 Å². The summed E-state index contributed by atoms with van der Waals surface area (Å²) in [6, 6.07) is 17.3. The molecule has 0 aromatic heterocycles. The van der Waals surface area contributed by atoms with E-state index < -0.39 is 9.84 Å². The van der Waals surface area contributed by atoms with Gasteiger partial charge in [0.15, 0.2) is 9.84 Å². The SMILES string of the molecule is C/C(=C/CS(=O)(=O)c1ccc(C)cc1)CCc1ccccc1. The van der Waals surface area contributed by atoms with Crippen LogP contribution in [0.25, 0.3) is 0 Å². The molecule has 0 saturated carbocycles. The van der Waals surface area contributed by atoms with E-state index in [1.165, 1.54) is 5.56 Å².